The summed E-state index contributed by atoms with van der Waals surface area (Å²) < 4.78 is 23.9. The number of rotatable bonds is 6. The maximum absolute atomic E-state index is 12.9. The number of carbonyl (C=O) groups excluding carboxylic acids is 1. The Morgan fingerprint density at radius 2 is 2.04 bits per heavy atom. The van der Waals surface area contributed by atoms with E-state index in [-0.39, 0.29) is 17.7 Å². The molecule has 6 nitrogen and oxygen atoms in total. The van der Waals surface area contributed by atoms with Crippen molar-refractivity contribution in [3.63, 3.8) is 0 Å². The van der Waals surface area contributed by atoms with Crippen molar-refractivity contribution in [3.05, 3.63) is 41.8 Å². The van der Waals surface area contributed by atoms with Gasteiger partial charge in [-0.15, -0.1) is 0 Å². The molecule has 0 radical (unpaired) electrons. The van der Waals surface area contributed by atoms with Crippen LogP contribution in [-0.2, 0) is 11.2 Å². The summed E-state index contributed by atoms with van der Waals surface area (Å²) in [5.74, 6) is 2.15. The second kappa shape index (κ2) is 8.06. The topological polar surface area (TPSA) is 68.5 Å². The number of hydrogen-bond acceptors (Lipinski definition) is 5. The molecule has 0 spiro atoms. The highest BCUT2D eigenvalue weighted by Gasteiger charge is 2.34. The maximum atomic E-state index is 12.9. The van der Waals surface area contributed by atoms with Gasteiger partial charge in [0.05, 0.1) is 12.5 Å². The van der Waals surface area contributed by atoms with E-state index in [1.54, 1.807) is 12.1 Å². The Balaban J connectivity index is 1.29. The lowest BCUT2D eigenvalue weighted by Crippen LogP contribution is -2.44. The molecular formula is C20H24FN3O3. The number of hydrogen-bond donors (Lipinski definition) is 0. The van der Waals surface area contributed by atoms with Crippen LogP contribution in [0.25, 0.3) is 0 Å². The van der Waals surface area contributed by atoms with Gasteiger partial charge in [0.15, 0.2) is 5.82 Å². The second-order valence-electron chi connectivity index (χ2n) is 7.35. The first-order valence-electron chi connectivity index (χ1n) is 9.68. The van der Waals surface area contributed by atoms with Gasteiger partial charge in [-0.25, -0.2) is 4.39 Å². The Morgan fingerprint density at radius 1 is 1.22 bits per heavy atom. The minimum atomic E-state index is -0.289. The summed E-state index contributed by atoms with van der Waals surface area (Å²) >= 11 is 0. The van der Waals surface area contributed by atoms with Gasteiger partial charge in [-0.05, 0) is 49.9 Å². The molecule has 1 aromatic carbocycles. The van der Waals surface area contributed by atoms with Crippen LogP contribution < -0.4 is 4.74 Å². The largest absolute Gasteiger partial charge is 0.493 e. The Kier molecular flexibility index (Phi) is 5.36. The molecule has 2 aliphatic rings. The van der Waals surface area contributed by atoms with Crippen LogP contribution in [0.15, 0.2) is 28.8 Å². The minimum Gasteiger partial charge on any atom is -0.493 e. The van der Waals surface area contributed by atoms with E-state index in [0.717, 1.165) is 32.2 Å². The first-order chi connectivity index (χ1) is 13.2. The number of nitrogens with zero attached hydrogens (tertiary/aromatic N) is 3. The molecule has 2 fully saturated rings. The third-order valence-electron chi connectivity index (χ3n) is 5.43. The highest BCUT2D eigenvalue weighted by atomic mass is 19.1. The number of carbonyl (C=O) groups is 1. The summed E-state index contributed by atoms with van der Waals surface area (Å²) in [7, 11) is 0. The quantitative estimate of drug-likeness (QED) is 0.777. The first kappa shape index (κ1) is 17.9. The molecule has 1 aliphatic heterocycles. The lowest BCUT2D eigenvalue weighted by Gasteiger charge is -2.36. The highest BCUT2D eigenvalue weighted by molar-refractivity contribution is 5.79. The molecule has 1 aromatic heterocycles. The molecule has 27 heavy (non-hydrogen) atoms. The number of benzene rings is 1. The fraction of sp³-hybridized carbons (Fsp3) is 0.550. The lowest BCUT2D eigenvalue weighted by atomic mass is 9.83. The Morgan fingerprint density at radius 3 is 2.78 bits per heavy atom. The van der Waals surface area contributed by atoms with Crippen molar-refractivity contribution >= 4 is 5.91 Å². The third kappa shape index (κ3) is 4.28. The smallest absolute Gasteiger partial charge is 0.231 e. The van der Waals surface area contributed by atoms with E-state index in [0.29, 0.717) is 42.9 Å². The van der Waals surface area contributed by atoms with Crippen LogP contribution in [0.1, 0.15) is 49.7 Å². The van der Waals surface area contributed by atoms with Crippen LogP contribution in [0, 0.1) is 11.7 Å². The van der Waals surface area contributed by atoms with Gasteiger partial charge in [-0.2, -0.15) is 4.98 Å². The number of ether oxygens (including phenoxy) is 1. The molecule has 1 amide bonds. The van der Waals surface area contributed by atoms with E-state index in [1.807, 2.05) is 4.90 Å². The Labute approximate surface area is 157 Å². The van der Waals surface area contributed by atoms with Gasteiger partial charge in [0, 0.05) is 25.4 Å². The zero-order valence-corrected chi connectivity index (χ0v) is 15.3. The molecule has 7 heteroatoms. The molecule has 0 bridgehead atoms. The maximum Gasteiger partial charge on any atom is 0.231 e. The van der Waals surface area contributed by atoms with E-state index in [4.69, 9.17) is 9.26 Å². The van der Waals surface area contributed by atoms with Crippen molar-refractivity contribution in [3.8, 4) is 5.75 Å². The summed E-state index contributed by atoms with van der Waals surface area (Å²) in [5, 5.41) is 4.04. The van der Waals surface area contributed by atoms with E-state index in [1.165, 1.54) is 18.6 Å². The van der Waals surface area contributed by atoms with Gasteiger partial charge < -0.3 is 14.2 Å². The molecule has 4 rings (SSSR count). The fourth-order valence-electron chi connectivity index (χ4n) is 3.62. The molecule has 1 unspecified atom stereocenters. The van der Waals surface area contributed by atoms with Crippen LogP contribution >= 0.6 is 0 Å². The predicted molar refractivity (Wildman–Crippen MR) is 95.8 cm³/mol. The van der Waals surface area contributed by atoms with E-state index < -0.39 is 0 Å². The molecular weight excluding hydrogens is 349 g/mol. The van der Waals surface area contributed by atoms with Gasteiger partial charge in [0.1, 0.15) is 11.6 Å². The Bertz CT molecular complexity index is 773. The highest BCUT2D eigenvalue weighted by Crippen LogP contribution is 2.32. The molecule has 144 valence electrons. The van der Waals surface area contributed by atoms with Crippen molar-refractivity contribution in [1.82, 2.24) is 15.0 Å². The first-order valence-corrected chi connectivity index (χ1v) is 9.68. The second-order valence-corrected chi connectivity index (χ2v) is 7.35. The van der Waals surface area contributed by atoms with E-state index in [2.05, 4.69) is 10.1 Å². The summed E-state index contributed by atoms with van der Waals surface area (Å²) in [5.41, 5.74) is 0. The van der Waals surface area contributed by atoms with E-state index >= 15 is 0 Å². The zero-order chi connectivity index (χ0) is 18.6. The normalized spacial score (nSPS) is 20.3. The molecule has 2 heterocycles. The summed E-state index contributed by atoms with van der Waals surface area (Å²) in [6.45, 7) is 1.89. The van der Waals surface area contributed by atoms with Crippen molar-refractivity contribution in [2.75, 3.05) is 19.7 Å². The third-order valence-corrected chi connectivity index (χ3v) is 5.43. The van der Waals surface area contributed by atoms with Crippen molar-refractivity contribution in [2.45, 2.75) is 44.4 Å². The number of aromatic nitrogens is 2. The monoisotopic (exact) mass is 373 g/mol. The summed E-state index contributed by atoms with van der Waals surface area (Å²) in [6, 6.07) is 5.91. The molecule has 1 saturated heterocycles. The number of amides is 1. The van der Waals surface area contributed by atoms with Crippen LogP contribution in [0.2, 0.25) is 0 Å². The summed E-state index contributed by atoms with van der Waals surface area (Å²) in [4.78, 5) is 18.9. The van der Waals surface area contributed by atoms with Gasteiger partial charge in [-0.1, -0.05) is 11.6 Å². The summed E-state index contributed by atoms with van der Waals surface area (Å²) in [6.07, 6.45) is 5.66. The van der Waals surface area contributed by atoms with Gasteiger partial charge in [0.2, 0.25) is 11.8 Å². The average molecular weight is 373 g/mol. The molecule has 1 saturated carbocycles. The van der Waals surface area contributed by atoms with Crippen LogP contribution in [0.5, 0.6) is 5.75 Å². The fourth-order valence-corrected chi connectivity index (χ4v) is 3.62. The molecule has 0 N–H and O–H groups in total. The van der Waals surface area contributed by atoms with Crippen molar-refractivity contribution in [1.29, 1.82) is 0 Å². The van der Waals surface area contributed by atoms with Gasteiger partial charge in [-0.3, -0.25) is 4.79 Å². The standard InChI is InChI=1S/C20H24FN3O3/c21-16-6-8-17(9-7-16)26-12-10-18-22-19(27-23-18)15-5-2-11-24(13-15)20(25)14-3-1-4-14/h6-9,14-15H,1-5,10-13H2. The SMILES string of the molecule is O=C(C1CCC1)N1CCCC(c2nc(CCOc3ccc(F)cc3)no2)C1. The van der Waals surface area contributed by atoms with Crippen molar-refractivity contribution in [2.24, 2.45) is 5.92 Å². The Hall–Kier alpha value is -2.44. The van der Waals surface area contributed by atoms with Crippen LogP contribution in [0.4, 0.5) is 4.39 Å². The molecule has 1 aliphatic carbocycles. The van der Waals surface area contributed by atoms with Gasteiger partial charge in [0.25, 0.3) is 0 Å². The van der Waals surface area contributed by atoms with Crippen molar-refractivity contribution < 1.29 is 18.4 Å². The molecule has 2 aromatic rings. The zero-order valence-electron chi connectivity index (χ0n) is 15.3. The number of piperidine rings is 1. The predicted octanol–water partition coefficient (Wildman–Crippen LogP) is 3.34. The minimum absolute atomic E-state index is 0.113. The van der Waals surface area contributed by atoms with Crippen LogP contribution in [-0.4, -0.2) is 40.6 Å². The van der Waals surface area contributed by atoms with Crippen LogP contribution in [0.3, 0.4) is 0 Å². The average Bonchev–Trinajstić information content (AvgIpc) is 3.11. The molecule has 1 atom stereocenters. The van der Waals surface area contributed by atoms with Gasteiger partial charge >= 0.3 is 0 Å². The van der Waals surface area contributed by atoms with E-state index in [9.17, 15) is 9.18 Å². The lowest BCUT2D eigenvalue weighted by molar-refractivity contribution is -0.139. The number of halogens is 1. The number of likely N-dealkylation sites (tertiary alicyclic amines) is 1.